The van der Waals surface area contributed by atoms with Gasteiger partial charge in [0.25, 0.3) is 5.91 Å². The third-order valence-corrected chi connectivity index (χ3v) is 5.94. The van der Waals surface area contributed by atoms with Crippen molar-refractivity contribution in [2.75, 3.05) is 44.4 Å². The Balaban J connectivity index is 1.40. The maximum absolute atomic E-state index is 12.6. The van der Waals surface area contributed by atoms with Crippen molar-refractivity contribution in [3.63, 3.8) is 0 Å². The van der Waals surface area contributed by atoms with Gasteiger partial charge in [-0.2, -0.15) is 11.8 Å². The van der Waals surface area contributed by atoms with Crippen LogP contribution in [0.3, 0.4) is 0 Å². The van der Waals surface area contributed by atoms with Crippen molar-refractivity contribution in [2.24, 2.45) is 0 Å². The number of nitrogens with one attached hydrogen (secondary N) is 1. The van der Waals surface area contributed by atoms with E-state index in [1.54, 1.807) is 11.8 Å². The Hall–Kier alpha value is -2.28. The Labute approximate surface area is 176 Å². The molecule has 1 N–H and O–H groups in total. The number of hydrogen-bond acceptors (Lipinski definition) is 4. The number of benzene rings is 2. The zero-order valence-corrected chi connectivity index (χ0v) is 17.6. The van der Waals surface area contributed by atoms with Gasteiger partial charge in [-0.1, -0.05) is 12.1 Å². The molecule has 1 saturated heterocycles. The number of ether oxygens (including phenoxy) is 1. The van der Waals surface area contributed by atoms with Crippen molar-refractivity contribution in [3.8, 4) is 0 Å². The molecule has 0 radical (unpaired) electrons. The summed E-state index contributed by atoms with van der Waals surface area (Å²) in [5.74, 6) is 0.882. The molecule has 0 spiro atoms. The predicted molar refractivity (Wildman–Crippen MR) is 121 cm³/mol. The fourth-order valence-corrected chi connectivity index (χ4v) is 4.19. The summed E-state index contributed by atoms with van der Waals surface area (Å²) in [4.78, 5) is 15.0. The summed E-state index contributed by atoms with van der Waals surface area (Å²) < 4.78 is 7.70. The van der Waals surface area contributed by atoms with Crippen LogP contribution >= 0.6 is 11.8 Å². The van der Waals surface area contributed by atoms with Gasteiger partial charge in [0.15, 0.2) is 0 Å². The molecule has 6 heteroatoms. The van der Waals surface area contributed by atoms with Crippen molar-refractivity contribution < 1.29 is 9.53 Å². The second-order valence-electron chi connectivity index (χ2n) is 7.32. The maximum atomic E-state index is 12.6. The fraction of sp³-hybridized carbons (Fsp3) is 0.348. The molecule has 2 aromatic carbocycles. The fourth-order valence-electron chi connectivity index (χ4n) is 3.67. The lowest BCUT2D eigenvalue weighted by molar-refractivity contribution is 0.0365. The van der Waals surface area contributed by atoms with Crippen molar-refractivity contribution >= 4 is 34.3 Å². The standard InChI is InChI=1S/C23H27N3O2S/c1-29-17-18-2-4-19(5-3-18)23(27)24-21-6-7-22-20(16-21)8-9-26(22)11-10-25-12-14-28-15-13-25/h2-9,16H,10-15,17H2,1H3,(H,24,27). The molecule has 1 aliphatic rings. The lowest BCUT2D eigenvalue weighted by atomic mass is 10.1. The summed E-state index contributed by atoms with van der Waals surface area (Å²) in [7, 11) is 0. The summed E-state index contributed by atoms with van der Waals surface area (Å²) in [6, 6.07) is 16.0. The van der Waals surface area contributed by atoms with Gasteiger partial charge in [0.05, 0.1) is 13.2 Å². The molecule has 1 aliphatic heterocycles. The molecule has 0 saturated carbocycles. The van der Waals surface area contributed by atoms with E-state index in [9.17, 15) is 4.79 Å². The Morgan fingerprint density at radius 3 is 2.62 bits per heavy atom. The average Bonchev–Trinajstić information content (AvgIpc) is 3.16. The first-order valence-electron chi connectivity index (χ1n) is 10.0. The number of fused-ring (bicyclic) bond motifs is 1. The van der Waals surface area contributed by atoms with E-state index in [2.05, 4.69) is 39.4 Å². The normalized spacial score (nSPS) is 14.9. The zero-order chi connectivity index (χ0) is 20.1. The highest BCUT2D eigenvalue weighted by Crippen LogP contribution is 2.21. The molecule has 0 bridgehead atoms. The number of thioether (sulfide) groups is 1. The van der Waals surface area contributed by atoms with E-state index >= 15 is 0 Å². The predicted octanol–water partition coefficient (Wildman–Crippen LogP) is 4.09. The van der Waals surface area contributed by atoms with E-state index in [1.807, 2.05) is 36.4 Å². The molecular weight excluding hydrogens is 382 g/mol. The van der Waals surface area contributed by atoms with Crippen molar-refractivity contribution in [3.05, 3.63) is 65.9 Å². The molecule has 0 aliphatic carbocycles. The first-order chi connectivity index (χ1) is 14.2. The number of carbonyl (C=O) groups is 1. The van der Waals surface area contributed by atoms with Crippen molar-refractivity contribution in [2.45, 2.75) is 12.3 Å². The molecule has 3 aromatic rings. The van der Waals surface area contributed by atoms with Crippen LogP contribution in [0.25, 0.3) is 10.9 Å². The van der Waals surface area contributed by atoms with Crippen LogP contribution in [0.4, 0.5) is 5.69 Å². The quantitative estimate of drug-likeness (QED) is 0.639. The van der Waals surface area contributed by atoms with Crippen LogP contribution in [-0.2, 0) is 17.0 Å². The highest BCUT2D eigenvalue weighted by molar-refractivity contribution is 7.97. The number of anilines is 1. The number of nitrogens with zero attached hydrogens (tertiary/aromatic N) is 2. The molecule has 29 heavy (non-hydrogen) atoms. The summed E-state index contributed by atoms with van der Waals surface area (Å²) >= 11 is 1.78. The molecular formula is C23H27N3O2S. The first kappa shape index (κ1) is 20.0. The molecule has 2 heterocycles. The van der Waals surface area contributed by atoms with Gasteiger partial charge in [0.1, 0.15) is 0 Å². The topological polar surface area (TPSA) is 46.5 Å². The van der Waals surface area contributed by atoms with Crippen LogP contribution in [0.1, 0.15) is 15.9 Å². The van der Waals surface area contributed by atoms with Gasteiger partial charge < -0.3 is 14.6 Å². The number of rotatable bonds is 7. The lowest BCUT2D eigenvalue weighted by Gasteiger charge is -2.26. The Morgan fingerprint density at radius 1 is 1.07 bits per heavy atom. The largest absolute Gasteiger partial charge is 0.379 e. The first-order valence-corrected chi connectivity index (χ1v) is 11.4. The van der Waals surface area contributed by atoms with Gasteiger partial charge in [-0.05, 0) is 48.2 Å². The van der Waals surface area contributed by atoms with E-state index in [1.165, 1.54) is 11.1 Å². The van der Waals surface area contributed by atoms with Gasteiger partial charge in [-0.15, -0.1) is 0 Å². The Bertz CT molecular complexity index is 962. The Morgan fingerprint density at radius 2 is 1.86 bits per heavy atom. The second kappa shape index (κ2) is 9.48. The summed E-state index contributed by atoms with van der Waals surface area (Å²) in [5.41, 5.74) is 3.92. The van der Waals surface area contributed by atoms with Crippen molar-refractivity contribution in [1.82, 2.24) is 9.47 Å². The number of amides is 1. The summed E-state index contributed by atoms with van der Waals surface area (Å²) in [6.45, 7) is 5.66. The zero-order valence-electron chi connectivity index (χ0n) is 16.8. The Kier molecular flexibility index (Phi) is 6.54. The molecule has 0 atom stereocenters. The summed E-state index contributed by atoms with van der Waals surface area (Å²) in [6.07, 6.45) is 4.20. The van der Waals surface area contributed by atoms with Gasteiger partial charge >= 0.3 is 0 Å². The number of morpholine rings is 1. The van der Waals surface area contributed by atoms with E-state index in [4.69, 9.17) is 4.74 Å². The molecule has 1 amide bonds. The van der Waals surface area contributed by atoms with Crippen molar-refractivity contribution in [1.29, 1.82) is 0 Å². The van der Waals surface area contributed by atoms with Crippen LogP contribution in [-0.4, -0.2) is 54.5 Å². The molecule has 152 valence electrons. The second-order valence-corrected chi connectivity index (χ2v) is 8.19. The van der Waals surface area contributed by atoms with Gasteiger partial charge in [0, 0.05) is 60.3 Å². The lowest BCUT2D eigenvalue weighted by Crippen LogP contribution is -2.38. The van der Waals surface area contributed by atoms with Crippen LogP contribution in [0.15, 0.2) is 54.7 Å². The highest BCUT2D eigenvalue weighted by atomic mass is 32.2. The van der Waals surface area contributed by atoms with Crippen LogP contribution in [0.5, 0.6) is 0 Å². The smallest absolute Gasteiger partial charge is 0.255 e. The minimum atomic E-state index is -0.0770. The van der Waals surface area contributed by atoms with Crippen LogP contribution < -0.4 is 5.32 Å². The number of hydrogen-bond donors (Lipinski definition) is 1. The third kappa shape index (κ3) is 5.01. The SMILES string of the molecule is CSCc1ccc(C(=O)Nc2ccc3c(ccn3CCN3CCOCC3)c2)cc1. The molecule has 0 unspecified atom stereocenters. The molecule has 4 rings (SSSR count). The molecule has 5 nitrogen and oxygen atoms in total. The minimum Gasteiger partial charge on any atom is -0.379 e. The maximum Gasteiger partial charge on any atom is 0.255 e. The van der Waals surface area contributed by atoms with Gasteiger partial charge in [-0.25, -0.2) is 0 Å². The van der Waals surface area contributed by atoms with Gasteiger partial charge in [-0.3, -0.25) is 9.69 Å². The monoisotopic (exact) mass is 409 g/mol. The van der Waals surface area contributed by atoms with E-state index < -0.39 is 0 Å². The number of carbonyl (C=O) groups excluding carboxylic acids is 1. The summed E-state index contributed by atoms with van der Waals surface area (Å²) in [5, 5.41) is 4.16. The van der Waals surface area contributed by atoms with E-state index in [0.29, 0.717) is 5.56 Å². The van der Waals surface area contributed by atoms with E-state index in [0.717, 1.165) is 56.2 Å². The van der Waals surface area contributed by atoms with Gasteiger partial charge in [0.2, 0.25) is 0 Å². The van der Waals surface area contributed by atoms with Crippen LogP contribution in [0, 0.1) is 0 Å². The van der Waals surface area contributed by atoms with E-state index in [-0.39, 0.29) is 5.91 Å². The highest BCUT2D eigenvalue weighted by Gasteiger charge is 2.11. The minimum absolute atomic E-state index is 0.0770. The molecule has 1 fully saturated rings. The molecule has 1 aromatic heterocycles. The van der Waals surface area contributed by atoms with Crippen LogP contribution in [0.2, 0.25) is 0 Å². The number of aromatic nitrogens is 1. The average molecular weight is 410 g/mol. The third-order valence-electron chi connectivity index (χ3n) is 5.32.